The lowest BCUT2D eigenvalue weighted by Gasteiger charge is -2.02. The van der Waals surface area contributed by atoms with Crippen molar-refractivity contribution in [3.05, 3.63) is 102 Å². The fourth-order valence-electron chi connectivity index (χ4n) is 2.52. The Kier molecular flexibility index (Phi) is 4.85. The summed E-state index contributed by atoms with van der Waals surface area (Å²) in [6, 6.07) is 27.7. The highest BCUT2D eigenvalue weighted by molar-refractivity contribution is 5.72. The minimum absolute atomic E-state index is 1.21. The summed E-state index contributed by atoms with van der Waals surface area (Å²) >= 11 is 0. The van der Waals surface area contributed by atoms with Gasteiger partial charge in [-0.1, -0.05) is 103 Å². The molecule has 0 fully saturated rings. The Hall–Kier alpha value is -2.86. The van der Waals surface area contributed by atoms with Crippen LogP contribution >= 0.6 is 0 Å². The second-order valence-electron chi connectivity index (χ2n) is 5.49. The predicted molar refractivity (Wildman–Crippen MR) is 102 cm³/mol. The number of hydrogen-bond acceptors (Lipinski definition) is 0. The molecule has 3 rings (SSSR count). The van der Waals surface area contributed by atoms with Crippen molar-refractivity contribution in [2.45, 2.75) is 6.92 Å². The number of hydrogen-bond donors (Lipinski definition) is 0. The van der Waals surface area contributed by atoms with Crippen molar-refractivity contribution in [2.75, 3.05) is 0 Å². The summed E-state index contributed by atoms with van der Waals surface area (Å²) in [6.07, 6.45) is 8.46. The minimum atomic E-state index is 1.21. The van der Waals surface area contributed by atoms with E-state index in [1.165, 1.54) is 27.8 Å². The molecular weight excluding hydrogens is 276 g/mol. The second-order valence-corrected chi connectivity index (χ2v) is 5.49. The molecule has 0 bridgehead atoms. The van der Waals surface area contributed by atoms with E-state index >= 15 is 0 Å². The van der Waals surface area contributed by atoms with Crippen LogP contribution in [0, 0.1) is 0 Å². The molecule has 0 aliphatic carbocycles. The highest BCUT2D eigenvalue weighted by Crippen LogP contribution is 2.20. The van der Waals surface area contributed by atoms with Gasteiger partial charge in [0.05, 0.1) is 0 Å². The normalized spacial score (nSPS) is 11.3. The molecule has 0 heteroatoms. The van der Waals surface area contributed by atoms with Crippen LogP contribution in [0.5, 0.6) is 0 Å². The standard InChI is InChI=1S/C23H20/c1-2-6-19-9-11-20(12-10-19)13-14-21-15-17-23(18-16-21)22-7-4-3-5-8-22/h2-18H,1H3/b6-2+,14-13+. The fraction of sp³-hybridized carbons (Fsp3) is 0.0435. The van der Waals surface area contributed by atoms with Gasteiger partial charge in [0, 0.05) is 0 Å². The van der Waals surface area contributed by atoms with Crippen LogP contribution in [0.15, 0.2) is 84.9 Å². The van der Waals surface area contributed by atoms with Gasteiger partial charge in [-0.05, 0) is 34.7 Å². The third-order valence-corrected chi connectivity index (χ3v) is 3.78. The van der Waals surface area contributed by atoms with Crippen molar-refractivity contribution in [2.24, 2.45) is 0 Å². The fourth-order valence-corrected chi connectivity index (χ4v) is 2.52. The summed E-state index contributed by atoms with van der Waals surface area (Å²) in [6.45, 7) is 2.03. The lowest BCUT2D eigenvalue weighted by molar-refractivity contribution is 1.59. The first-order valence-corrected chi connectivity index (χ1v) is 7.91. The maximum atomic E-state index is 2.17. The molecule has 3 aromatic carbocycles. The average Bonchev–Trinajstić information content (AvgIpc) is 2.63. The molecule has 0 aromatic heterocycles. The molecule has 0 N–H and O–H groups in total. The van der Waals surface area contributed by atoms with Crippen LogP contribution in [0.1, 0.15) is 23.6 Å². The Morgan fingerprint density at radius 1 is 0.478 bits per heavy atom. The molecule has 0 atom stereocenters. The maximum Gasteiger partial charge on any atom is -0.0184 e. The van der Waals surface area contributed by atoms with Gasteiger partial charge in [0.2, 0.25) is 0 Å². The van der Waals surface area contributed by atoms with Crippen molar-refractivity contribution in [1.29, 1.82) is 0 Å². The highest BCUT2D eigenvalue weighted by atomic mass is 14.0. The second kappa shape index (κ2) is 7.42. The van der Waals surface area contributed by atoms with Crippen molar-refractivity contribution in [3.8, 4) is 11.1 Å². The van der Waals surface area contributed by atoms with E-state index < -0.39 is 0 Å². The van der Waals surface area contributed by atoms with Crippen LogP contribution in [-0.2, 0) is 0 Å². The third-order valence-electron chi connectivity index (χ3n) is 3.78. The molecule has 0 heterocycles. The summed E-state index contributed by atoms with van der Waals surface area (Å²) in [5.74, 6) is 0. The SMILES string of the molecule is C/C=C/c1ccc(/C=C/c2ccc(-c3ccccc3)cc2)cc1. The van der Waals surface area contributed by atoms with Crippen molar-refractivity contribution in [3.63, 3.8) is 0 Å². The molecule has 0 radical (unpaired) electrons. The van der Waals surface area contributed by atoms with E-state index in [1.807, 2.05) is 13.0 Å². The largest absolute Gasteiger partial charge is 0.0871 e. The van der Waals surface area contributed by atoms with E-state index in [2.05, 4.69) is 97.1 Å². The molecular formula is C23H20. The average molecular weight is 296 g/mol. The van der Waals surface area contributed by atoms with Crippen LogP contribution in [0.4, 0.5) is 0 Å². The Labute approximate surface area is 138 Å². The quantitative estimate of drug-likeness (QED) is 0.478. The zero-order valence-electron chi connectivity index (χ0n) is 13.3. The van der Waals surface area contributed by atoms with Crippen molar-refractivity contribution < 1.29 is 0 Å². The van der Waals surface area contributed by atoms with Gasteiger partial charge in [-0.25, -0.2) is 0 Å². The van der Waals surface area contributed by atoms with Crippen molar-refractivity contribution in [1.82, 2.24) is 0 Å². The molecule has 112 valence electrons. The van der Waals surface area contributed by atoms with E-state index in [1.54, 1.807) is 0 Å². The number of rotatable bonds is 4. The monoisotopic (exact) mass is 296 g/mol. The summed E-state index contributed by atoms with van der Waals surface area (Å²) in [5, 5.41) is 0. The Balaban J connectivity index is 1.72. The molecule has 0 spiro atoms. The first kappa shape index (κ1) is 15.1. The zero-order chi connectivity index (χ0) is 15.9. The molecule has 0 unspecified atom stereocenters. The first-order valence-electron chi connectivity index (χ1n) is 7.91. The molecule has 0 amide bonds. The van der Waals surface area contributed by atoms with Gasteiger partial charge in [0.1, 0.15) is 0 Å². The summed E-state index contributed by atoms with van der Waals surface area (Å²) in [4.78, 5) is 0. The molecule has 0 saturated heterocycles. The lowest BCUT2D eigenvalue weighted by atomic mass is 10.0. The van der Waals surface area contributed by atoms with Crippen LogP contribution < -0.4 is 0 Å². The highest BCUT2D eigenvalue weighted by Gasteiger charge is 1.95. The lowest BCUT2D eigenvalue weighted by Crippen LogP contribution is -1.78. The number of allylic oxidation sites excluding steroid dienone is 1. The molecule has 23 heavy (non-hydrogen) atoms. The summed E-state index contributed by atoms with van der Waals surface area (Å²) in [7, 11) is 0. The van der Waals surface area contributed by atoms with Gasteiger partial charge in [0.15, 0.2) is 0 Å². The predicted octanol–water partition coefficient (Wildman–Crippen LogP) is 6.56. The third kappa shape index (κ3) is 4.08. The van der Waals surface area contributed by atoms with Gasteiger partial charge in [-0.3, -0.25) is 0 Å². The van der Waals surface area contributed by atoms with Gasteiger partial charge < -0.3 is 0 Å². The van der Waals surface area contributed by atoms with E-state index in [-0.39, 0.29) is 0 Å². The van der Waals surface area contributed by atoms with E-state index in [0.717, 1.165) is 0 Å². The van der Waals surface area contributed by atoms with E-state index in [4.69, 9.17) is 0 Å². The number of benzene rings is 3. The van der Waals surface area contributed by atoms with Crippen LogP contribution in [-0.4, -0.2) is 0 Å². The van der Waals surface area contributed by atoms with E-state index in [9.17, 15) is 0 Å². The molecule has 0 aliphatic rings. The van der Waals surface area contributed by atoms with Gasteiger partial charge >= 0.3 is 0 Å². The minimum Gasteiger partial charge on any atom is -0.0871 e. The molecule has 0 saturated carbocycles. The Bertz CT molecular complexity index is 789. The maximum absolute atomic E-state index is 2.17. The topological polar surface area (TPSA) is 0 Å². The molecule has 0 nitrogen and oxygen atoms in total. The van der Waals surface area contributed by atoms with Gasteiger partial charge in [-0.15, -0.1) is 0 Å². The summed E-state index contributed by atoms with van der Waals surface area (Å²) < 4.78 is 0. The molecule has 0 aliphatic heterocycles. The Morgan fingerprint density at radius 2 is 0.913 bits per heavy atom. The van der Waals surface area contributed by atoms with E-state index in [0.29, 0.717) is 0 Å². The molecule has 3 aromatic rings. The van der Waals surface area contributed by atoms with Crippen molar-refractivity contribution >= 4 is 18.2 Å². The van der Waals surface area contributed by atoms with Gasteiger partial charge in [0.25, 0.3) is 0 Å². The van der Waals surface area contributed by atoms with Crippen LogP contribution in [0.25, 0.3) is 29.4 Å². The first-order chi connectivity index (χ1) is 11.3. The van der Waals surface area contributed by atoms with Gasteiger partial charge in [-0.2, -0.15) is 0 Å². The Morgan fingerprint density at radius 3 is 1.43 bits per heavy atom. The van der Waals surface area contributed by atoms with Crippen LogP contribution in [0.2, 0.25) is 0 Å². The smallest absolute Gasteiger partial charge is 0.0184 e. The zero-order valence-corrected chi connectivity index (χ0v) is 13.3. The van der Waals surface area contributed by atoms with Crippen LogP contribution in [0.3, 0.4) is 0 Å². The summed E-state index contributed by atoms with van der Waals surface area (Å²) in [5.41, 5.74) is 6.16.